The molecule has 1 amide bonds. The number of carbonyl (C=O) groups is 1. The first-order valence-corrected chi connectivity index (χ1v) is 7.68. The summed E-state index contributed by atoms with van der Waals surface area (Å²) in [4.78, 5) is 16.6. The first kappa shape index (κ1) is 12.5. The molecule has 3 aromatic rings. The summed E-state index contributed by atoms with van der Waals surface area (Å²) in [5.74, 6) is 0.267. The van der Waals surface area contributed by atoms with E-state index in [2.05, 4.69) is 27.4 Å². The summed E-state index contributed by atoms with van der Waals surface area (Å²) in [7, 11) is 0. The van der Waals surface area contributed by atoms with Gasteiger partial charge in [0.1, 0.15) is 6.33 Å². The standard InChI is InChI=1S/C14H13N5OS/c1-8-2-3-11-9(8)6-10(12-18-16-7-19(11)12)13(20)17-14-15-4-5-21-14/h4-8H,2-3H2,1H3,(H,15,17,20)/t8-/m1/s1. The minimum absolute atomic E-state index is 0.190. The smallest absolute Gasteiger partial charge is 0.261 e. The van der Waals surface area contributed by atoms with Gasteiger partial charge in [0.05, 0.1) is 5.56 Å². The second kappa shape index (κ2) is 4.63. The highest BCUT2D eigenvalue weighted by molar-refractivity contribution is 7.13. The molecule has 0 aliphatic heterocycles. The molecule has 6 nitrogen and oxygen atoms in total. The van der Waals surface area contributed by atoms with E-state index >= 15 is 0 Å². The number of amides is 1. The van der Waals surface area contributed by atoms with E-state index in [-0.39, 0.29) is 5.91 Å². The second-order valence-electron chi connectivity index (χ2n) is 5.22. The van der Waals surface area contributed by atoms with E-state index in [1.165, 1.54) is 22.6 Å². The molecule has 1 aliphatic carbocycles. The van der Waals surface area contributed by atoms with Gasteiger partial charge >= 0.3 is 0 Å². The summed E-state index contributed by atoms with van der Waals surface area (Å²) in [6.07, 6.45) is 5.45. The quantitative estimate of drug-likeness (QED) is 0.789. The maximum atomic E-state index is 12.5. The topological polar surface area (TPSA) is 72.2 Å². The molecule has 3 aromatic heterocycles. The van der Waals surface area contributed by atoms with Crippen LogP contribution < -0.4 is 5.32 Å². The number of thiazole rings is 1. The molecule has 4 rings (SSSR count). The minimum Gasteiger partial charge on any atom is -0.298 e. The lowest BCUT2D eigenvalue weighted by atomic mass is 10.0. The maximum Gasteiger partial charge on any atom is 0.261 e. The molecule has 0 saturated carbocycles. The number of nitrogens with one attached hydrogen (secondary N) is 1. The van der Waals surface area contributed by atoms with Gasteiger partial charge in [-0.15, -0.1) is 21.5 Å². The van der Waals surface area contributed by atoms with E-state index in [0.717, 1.165) is 12.8 Å². The molecule has 21 heavy (non-hydrogen) atoms. The molecule has 0 fully saturated rings. The van der Waals surface area contributed by atoms with Gasteiger partial charge in [-0.3, -0.25) is 14.5 Å². The van der Waals surface area contributed by atoms with Crippen LogP contribution in [0.1, 0.15) is 40.9 Å². The molecular formula is C14H13N5OS. The van der Waals surface area contributed by atoms with Crippen molar-refractivity contribution in [2.75, 3.05) is 5.32 Å². The predicted molar refractivity (Wildman–Crippen MR) is 79.8 cm³/mol. The van der Waals surface area contributed by atoms with Crippen LogP contribution in [0.25, 0.3) is 5.65 Å². The van der Waals surface area contributed by atoms with Gasteiger partial charge in [0.2, 0.25) is 0 Å². The van der Waals surface area contributed by atoms with Crippen LogP contribution >= 0.6 is 11.3 Å². The minimum atomic E-state index is -0.190. The summed E-state index contributed by atoms with van der Waals surface area (Å²) >= 11 is 1.39. The van der Waals surface area contributed by atoms with E-state index in [9.17, 15) is 4.79 Å². The Labute approximate surface area is 124 Å². The van der Waals surface area contributed by atoms with Gasteiger partial charge in [-0.25, -0.2) is 4.98 Å². The van der Waals surface area contributed by atoms with Gasteiger partial charge in [0.25, 0.3) is 5.91 Å². The summed E-state index contributed by atoms with van der Waals surface area (Å²) < 4.78 is 1.94. The Morgan fingerprint density at radius 1 is 1.52 bits per heavy atom. The van der Waals surface area contributed by atoms with Crippen molar-refractivity contribution in [2.24, 2.45) is 0 Å². The van der Waals surface area contributed by atoms with Crippen molar-refractivity contribution in [3.63, 3.8) is 0 Å². The van der Waals surface area contributed by atoms with E-state index in [1.54, 1.807) is 12.5 Å². The van der Waals surface area contributed by atoms with Crippen molar-refractivity contribution in [1.29, 1.82) is 0 Å². The van der Waals surface area contributed by atoms with Gasteiger partial charge < -0.3 is 0 Å². The van der Waals surface area contributed by atoms with Crippen LogP contribution in [0.5, 0.6) is 0 Å². The SMILES string of the molecule is C[C@@H]1CCc2c1cc(C(=O)Nc1nccs1)c1nncn21. The molecule has 0 spiro atoms. The molecule has 7 heteroatoms. The molecule has 0 unspecified atom stereocenters. The Hall–Kier alpha value is -2.28. The van der Waals surface area contributed by atoms with Crippen molar-refractivity contribution in [1.82, 2.24) is 19.6 Å². The number of anilines is 1. The van der Waals surface area contributed by atoms with E-state index in [1.807, 2.05) is 15.8 Å². The summed E-state index contributed by atoms with van der Waals surface area (Å²) in [6.45, 7) is 2.19. The zero-order valence-corrected chi connectivity index (χ0v) is 12.2. The van der Waals surface area contributed by atoms with Crippen molar-refractivity contribution in [3.8, 4) is 0 Å². The molecule has 0 saturated heterocycles. The molecule has 3 heterocycles. The number of carbonyl (C=O) groups excluding carboxylic acids is 1. The van der Waals surface area contributed by atoms with Crippen molar-refractivity contribution < 1.29 is 4.79 Å². The number of fused-ring (bicyclic) bond motifs is 3. The van der Waals surface area contributed by atoms with Crippen LogP contribution in [0.15, 0.2) is 24.0 Å². The highest BCUT2D eigenvalue weighted by Crippen LogP contribution is 2.34. The average molecular weight is 299 g/mol. The molecule has 0 aromatic carbocycles. The molecule has 0 bridgehead atoms. The molecular weight excluding hydrogens is 286 g/mol. The number of pyridine rings is 1. The van der Waals surface area contributed by atoms with Gasteiger partial charge in [-0.1, -0.05) is 6.92 Å². The number of hydrogen-bond acceptors (Lipinski definition) is 5. The lowest BCUT2D eigenvalue weighted by Gasteiger charge is -2.10. The third-order valence-corrected chi connectivity index (χ3v) is 4.64. The first-order valence-electron chi connectivity index (χ1n) is 6.80. The Balaban J connectivity index is 1.83. The second-order valence-corrected chi connectivity index (χ2v) is 6.11. The number of nitrogens with zero attached hydrogens (tertiary/aromatic N) is 4. The highest BCUT2D eigenvalue weighted by Gasteiger charge is 2.25. The summed E-state index contributed by atoms with van der Waals surface area (Å²) in [5, 5.41) is 13.3. The van der Waals surface area contributed by atoms with Crippen molar-refractivity contribution in [3.05, 3.63) is 40.8 Å². The monoisotopic (exact) mass is 299 g/mol. The zero-order chi connectivity index (χ0) is 14.4. The van der Waals surface area contributed by atoms with Crippen LogP contribution in [-0.2, 0) is 6.42 Å². The number of aromatic nitrogens is 4. The fraction of sp³-hybridized carbons (Fsp3) is 0.286. The van der Waals surface area contributed by atoms with E-state index < -0.39 is 0 Å². The van der Waals surface area contributed by atoms with Crippen LogP contribution in [0.4, 0.5) is 5.13 Å². The van der Waals surface area contributed by atoms with Crippen LogP contribution in [0.3, 0.4) is 0 Å². The summed E-state index contributed by atoms with van der Waals surface area (Å²) in [6, 6.07) is 1.96. The van der Waals surface area contributed by atoms with Crippen molar-refractivity contribution >= 4 is 28.0 Å². The fourth-order valence-corrected chi connectivity index (χ4v) is 3.40. The van der Waals surface area contributed by atoms with E-state index in [0.29, 0.717) is 22.3 Å². The van der Waals surface area contributed by atoms with Crippen LogP contribution in [0.2, 0.25) is 0 Å². The third kappa shape index (κ3) is 1.92. The molecule has 106 valence electrons. The summed E-state index contributed by atoms with van der Waals surface area (Å²) in [5.41, 5.74) is 3.59. The fourth-order valence-electron chi connectivity index (χ4n) is 2.88. The van der Waals surface area contributed by atoms with Gasteiger partial charge in [-0.05, 0) is 30.4 Å². The number of aryl methyl sites for hydroxylation is 1. The third-order valence-electron chi connectivity index (χ3n) is 3.95. The van der Waals surface area contributed by atoms with E-state index in [4.69, 9.17) is 0 Å². The lowest BCUT2D eigenvalue weighted by Crippen LogP contribution is -2.14. The molecule has 0 radical (unpaired) electrons. The van der Waals surface area contributed by atoms with Gasteiger partial charge in [-0.2, -0.15) is 0 Å². The van der Waals surface area contributed by atoms with Gasteiger partial charge in [0.15, 0.2) is 10.8 Å². The van der Waals surface area contributed by atoms with Crippen LogP contribution in [0, 0.1) is 0 Å². The molecule has 1 aliphatic rings. The Kier molecular flexibility index (Phi) is 2.75. The Morgan fingerprint density at radius 3 is 3.24 bits per heavy atom. The first-order chi connectivity index (χ1) is 10.2. The highest BCUT2D eigenvalue weighted by atomic mass is 32.1. The number of rotatable bonds is 2. The zero-order valence-electron chi connectivity index (χ0n) is 11.4. The van der Waals surface area contributed by atoms with Crippen LogP contribution in [-0.4, -0.2) is 25.5 Å². The average Bonchev–Trinajstić information content (AvgIpc) is 3.18. The van der Waals surface area contributed by atoms with Crippen molar-refractivity contribution in [2.45, 2.75) is 25.7 Å². The Bertz CT molecular complexity index is 823. The largest absolute Gasteiger partial charge is 0.298 e. The molecule has 1 N–H and O–H groups in total. The predicted octanol–water partition coefficient (Wildman–Crippen LogP) is 2.49. The molecule has 1 atom stereocenters. The Morgan fingerprint density at radius 2 is 2.43 bits per heavy atom. The lowest BCUT2D eigenvalue weighted by molar-refractivity contribution is 0.102. The maximum absolute atomic E-state index is 12.5. The number of hydrogen-bond donors (Lipinski definition) is 1. The normalized spacial score (nSPS) is 17.1. The van der Waals surface area contributed by atoms with Gasteiger partial charge in [0, 0.05) is 17.3 Å².